The molecule has 0 amide bonds. The summed E-state index contributed by atoms with van der Waals surface area (Å²) in [6.07, 6.45) is 2.39. The second kappa shape index (κ2) is 6.11. The van der Waals surface area contributed by atoms with Crippen LogP contribution in [0.4, 0.5) is 0 Å². The van der Waals surface area contributed by atoms with Crippen molar-refractivity contribution in [3.05, 3.63) is 24.3 Å². The van der Waals surface area contributed by atoms with Crippen LogP contribution < -0.4 is 0 Å². The minimum Gasteiger partial charge on any atom is -0.458 e. The van der Waals surface area contributed by atoms with Crippen molar-refractivity contribution in [2.75, 3.05) is 0 Å². The van der Waals surface area contributed by atoms with Gasteiger partial charge in [-0.25, -0.2) is 9.59 Å². The molecule has 0 aliphatic heterocycles. The Morgan fingerprint density at radius 2 is 2.00 bits per heavy atom. The summed E-state index contributed by atoms with van der Waals surface area (Å²) >= 11 is 0. The first-order valence-corrected chi connectivity index (χ1v) is 5.03. The fourth-order valence-corrected chi connectivity index (χ4v) is 1.04. The molecule has 0 unspecified atom stereocenters. The molecule has 0 fully saturated rings. The van der Waals surface area contributed by atoms with E-state index in [1.165, 1.54) is 13.0 Å². The van der Waals surface area contributed by atoms with E-state index in [9.17, 15) is 9.59 Å². The summed E-state index contributed by atoms with van der Waals surface area (Å²) in [6, 6.07) is 0. The molecule has 0 aromatic rings. The van der Waals surface area contributed by atoms with Crippen LogP contribution in [0.2, 0.25) is 0 Å². The van der Waals surface area contributed by atoms with Crippen molar-refractivity contribution in [1.82, 2.24) is 0 Å². The van der Waals surface area contributed by atoms with Gasteiger partial charge in [0.25, 0.3) is 0 Å². The van der Waals surface area contributed by atoms with Crippen molar-refractivity contribution in [1.29, 1.82) is 0 Å². The summed E-state index contributed by atoms with van der Waals surface area (Å²) in [5, 5.41) is 0. The molecule has 0 rings (SSSR count). The molecule has 0 aliphatic carbocycles. The third-order valence-corrected chi connectivity index (χ3v) is 2.03. The quantitative estimate of drug-likeness (QED) is 0.536. The highest BCUT2D eigenvalue weighted by Crippen LogP contribution is 1.98. The number of rotatable bonds is 4. The highest BCUT2D eigenvalue weighted by molar-refractivity contribution is 6.41. The van der Waals surface area contributed by atoms with E-state index in [-0.39, 0.29) is 0 Å². The number of hydrogen-bond donors (Lipinski definition) is 1. The van der Waals surface area contributed by atoms with Gasteiger partial charge in [-0.2, -0.15) is 0 Å². The minimum atomic E-state index is -2.87. The van der Waals surface area contributed by atoms with E-state index in [0.29, 0.717) is 5.57 Å². The Balaban J connectivity index is 4.07. The zero-order valence-electron chi connectivity index (χ0n) is 7.94. The molecule has 0 saturated carbocycles. The van der Waals surface area contributed by atoms with Crippen LogP contribution in [0.25, 0.3) is 0 Å². The van der Waals surface area contributed by atoms with Crippen molar-refractivity contribution >= 4 is 21.5 Å². The largest absolute Gasteiger partial charge is 0.738 e. The van der Waals surface area contributed by atoms with E-state index in [4.69, 9.17) is 4.80 Å². The van der Waals surface area contributed by atoms with E-state index < -0.39 is 21.5 Å². The molecule has 0 aromatic heterocycles. The fourth-order valence-electron chi connectivity index (χ4n) is 0.426. The van der Waals surface area contributed by atoms with Crippen molar-refractivity contribution in [3.63, 3.8) is 0 Å². The van der Waals surface area contributed by atoms with Gasteiger partial charge in [-0.05, 0) is 13.8 Å². The molecule has 5 nitrogen and oxygen atoms in total. The molecule has 0 spiro atoms. The summed E-state index contributed by atoms with van der Waals surface area (Å²) in [6.45, 7) is 6.29. The molecule has 0 bridgehead atoms. The molecule has 0 saturated heterocycles. The van der Waals surface area contributed by atoms with Gasteiger partial charge < -0.3 is 13.6 Å². The molecule has 1 radical (unpaired) electrons. The molecule has 77 valence electrons. The molecule has 6 heteroatoms. The molecule has 0 atom stereocenters. The minimum absolute atomic E-state index is 0.330. The molecular formula is C8H11O5Si. The normalized spacial score (nSPS) is 11.0. The first-order valence-electron chi connectivity index (χ1n) is 3.76. The Kier molecular flexibility index (Phi) is 5.50. The highest BCUT2D eigenvalue weighted by atomic mass is 28.3. The van der Waals surface area contributed by atoms with Crippen LogP contribution in [0.15, 0.2) is 24.3 Å². The van der Waals surface area contributed by atoms with E-state index >= 15 is 0 Å². The standard InChI is InChI=1S/C8H11O5Si/c1-4-6(3)8(10)13-14(11)12-7(9)5-2/h4-5,11H,2H2,1,3H3/b6-4+. The van der Waals surface area contributed by atoms with Gasteiger partial charge in [-0.1, -0.05) is 12.7 Å². The van der Waals surface area contributed by atoms with Gasteiger partial charge in [0.2, 0.25) is 0 Å². The van der Waals surface area contributed by atoms with Gasteiger partial charge in [-0.15, -0.1) is 0 Å². The predicted molar refractivity (Wildman–Crippen MR) is 49.8 cm³/mol. The lowest BCUT2D eigenvalue weighted by Crippen LogP contribution is -2.28. The zero-order valence-corrected chi connectivity index (χ0v) is 8.94. The maximum absolute atomic E-state index is 11.0. The number of allylic oxidation sites excluding steroid dienone is 1. The topological polar surface area (TPSA) is 72.8 Å². The Morgan fingerprint density at radius 1 is 1.43 bits per heavy atom. The monoisotopic (exact) mass is 215 g/mol. The summed E-state index contributed by atoms with van der Waals surface area (Å²) in [5.41, 5.74) is 0.330. The fraction of sp³-hybridized carbons (Fsp3) is 0.250. The van der Waals surface area contributed by atoms with Crippen molar-refractivity contribution < 1.29 is 23.2 Å². The number of carbonyl (C=O) groups is 2. The van der Waals surface area contributed by atoms with Crippen molar-refractivity contribution in [3.8, 4) is 0 Å². The summed E-state index contributed by atoms with van der Waals surface area (Å²) < 4.78 is 8.73. The maximum atomic E-state index is 11.0. The van der Waals surface area contributed by atoms with E-state index in [1.54, 1.807) is 6.92 Å². The SMILES string of the molecule is C=CC(=O)O[Si](O)OC(=O)/C(C)=C/C. The first-order chi connectivity index (χ1) is 6.51. The third-order valence-electron chi connectivity index (χ3n) is 1.29. The summed E-state index contributed by atoms with van der Waals surface area (Å²) in [7, 11) is -2.87. The van der Waals surface area contributed by atoms with Gasteiger partial charge in [0, 0.05) is 11.6 Å². The van der Waals surface area contributed by atoms with Gasteiger partial charge >= 0.3 is 21.5 Å². The highest BCUT2D eigenvalue weighted by Gasteiger charge is 2.24. The molecule has 14 heavy (non-hydrogen) atoms. The van der Waals surface area contributed by atoms with Crippen LogP contribution in [-0.4, -0.2) is 26.3 Å². The first kappa shape index (κ1) is 12.6. The molecular weight excluding hydrogens is 204 g/mol. The molecule has 0 heterocycles. The Labute approximate surface area is 83.6 Å². The maximum Gasteiger partial charge on any atom is 0.738 e. The Hall–Kier alpha value is -1.40. The van der Waals surface area contributed by atoms with Crippen LogP contribution in [0.5, 0.6) is 0 Å². The lowest BCUT2D eigenvalue weighted by Gasteiger charge is -2.06. The predicted octanol–water partition coefficient (Wildman–Crippen LogP) is 0.202. The van der Waals surface area contributed by atoms with E-state index in [1.807, 2.05) is 0 Å². The van der Waals surface area contributed by atoms with Crippen molar-refractivity contribution in [2.24, 2.45) is 0 Å². The summed E-state index contributed by atoms with van der Waals surface area (Å²) in [4.78, 5) is 30.6. The molecule has 0 aliphatic rings. The van der Waals surface area contributed by atoms with Crippen LogP contribution in [0.1, 0.15) is 13.8 Å². The lowest BCUT2D eigenvalue weighted by atomic mass is 10.3. The average molecular weight is 215 g/mol. The van der Waals surface area contributed by atoms with E-state index in [2.05, 4.69) is 15.4 Å². The Bertz CT molecular complexity index is 271. The van der Waals surface area contributed by atoms with Crippen LogP contribution in [0.3, 0.4) is 0 Å². The Morgan fingerprint density at radius 3 is 2.43 bits per heavy atom. The van der Waals surface area contributed by atoms with Gasteiger partial charge in [0.1, 0.15) is 0 Å². The van der Waals surface area contributed by atoms with Crippen LogP contribution >= 0.6 is 0 Å². The second-order valence-electron chi connectivity index (χ2n) is 2.25. The zero-order chi connectivity index (χ0) is 11.1. The van der Waals surface area contributed by atoms with Crippen molar-refractivity contribution in [2.45, 2.75) is 13.8 Å². The molecule has 0 aromatic carbocycles. The second-order valence-corrected chi connectivity index (χ2v) is 3.19. The van der Waals surface area contributed by atoms with Gasteiger partial charge in [-0.3, -0.25) is 0 Å². The third kappa shape index (κ3) is 4.58. The molecule has 1 N–H and O–H groups in total. The summed E-state index contributed by atoms with van der Waals surface area (Å²) in [5.74, 6) is -1.53. The van der Waals surface area contributed by atoms with E-state index in [0.717, 1.165) is 6.08 Å². The smallest absolute Gasteiger partial charge is 0.458 e. The average Bonchev–Trinajstić information content (AvgIpc) is 2.15. The number of hydrogen-bond acceptors (Lipinski definition) is 5. The lowest BCUT2D eigenvalue weighted by molar-refractivity contribution is -0.137. The number of carbonyl (C=O) groups excluding carboxylic acids is 2. The van der Waals surface area contributed by atoms with Gasteiger partial charge in [0.15, 0.2) is 0 Å². The van der Waals surface area contributed by atoms with Gasteiger partial charge in [0.05, 0.1) is 0 Å². The van der Waals surface area contributed by atoms with Crippen LogP contribution in [-0.2, 0) is 18.4 Å². The van der Waals surface area contributed by atoms with Crippen LogP contribution in [0, 0.1) is 0 Å².